The summed E-state index contributed by atoms with van der Waals surface area (Å²) in [6.07, 6.45) is 0.569. The quantitative estimate of drug-likeness (QED) is 0.900. The van der Waals surface area contributed by atoms with Gasteiger partial charge in [-0.15, -0.1) is 0 Å². The van der Waals surface area contributed by atoms with Crippen molar-refractivity contribution in [2.24, 2.45) is 5.73 Å². The van der Waals surface area contributed by atoms with Gasteiger partial charge in [0.1, 0.15) is 5.75 Å². The maximum atomic E-state index is 5.76. The van der Waals surface area contributed by atoms with E-state index in [0.717, 1.165) is 30.9 Å². The molecular formula is C15H24N2O2. The highest BCUT2D eigenvalue weighted by Crippen LogP contribution is 2.23. The zero-order valence-electron chi connectivity index (χ0n) is 12.1. The molecular weight excluding hydrogens is 240 g/mol. The Kier molecular flexibility index (Phi) is 4.80. The fourth-order valence-electron chi connectivity index (χ4n) is 2.74. The summed E-state index contributed by atoms with van der Waals surface area (Å²) in [5.41, 5.74) is 8.06. The van der Waals surface area contributed by atoms with Crippen LogP contribution in [0.15, 0.2) is 18.2 Å². The molecule has 0 saturated carbocycles. The predicted octanol–water partition coefficient (Wildman–Crippen LogP) is 1.76. The zero-order chi connectivity index (χ0) is 13.8. The van der Waals surface area contributed by atoms with E-state index in [1.807, 2.05) is 12.1 Å². The smallest absolute Gasteiger partial charge is 0.123 e. The van der Waals surface area contributed by atoms with Gasteiger partial charge in [0.05, 0.1) is 19.3 Å². The van der Waals surface area contributed by atoms with Crippen LogP contribution in [-0.2, 0) is 17.8 Å². The first-order valence-electron chi connectivity index (χ1n) is 6.86. The Morgan fingerprint density at radius 1 is 1.32 bits per heavy atom. The van der Waals surface area contributed by atoms with Crippen molar-refractivity contribution >= 4 is 0 Å². The van der Waals surface area contributed by atoms with Gasteiger partial charge < -0.3 is 15.2 Å². The lowest BCUT2D eigenvalue weighted by Gasteiger charge is -2.35. The lowest BCUT2D eigenvalue weighted by atomic mass is 10.1. The average Bonchev–Trinajstić information content (AvgIpc) is 2.37. The molecule has 0 radical (unpaired) electrons. The van der Waals surface area contributed by atoms with Crippen LogP contribution in [0.5, 0.6) is 5.75 Å². The zero-order valence-corrected chi connectivity index (χ0v) is 12.1. The minimum Gasteiger partial charge on any atom is -0.496 e. The molecule has 0 spiro atoms. The maximum absolute atomic E-state index is 5.76. The van der Waals surface area contributed by atoms with Gasteiger partial charge in [0.25, 0.3) is 0 Å². The van der Waals surface area contributed by atoms with Gasteiger partial charge in [0.2, 0.25) is 0 Å². The summed E-state index contributed by atoms with van der Waals surface area (Å²) in [6, 6.07) is 6.17. The molecule has 2 atom stereocenters. The van der Waals surface area contributed by atoms with Gasteiger partial charge in [-0.1, -0.05) is 6.07 Å². The fraction of sp³-hybridized carbons (Fsp3) is 0.600. The molecule has 19 heavy (non-hydrogen) atoms. The van der Waals surface area contributed by atoms with Gasteiger partial charge >= 0.3 is 0 Å². The van der Waals surface area contributed by atoms with Crippen LogP contribution in [0, 0.1) is 0 Å². The molecule has 0 amide bonds. The number of nitrogens with zero attached hydrogens (tertiary/aromatic N) is 1. The van der Waals surface area contributed by atoms with Gasteiger partial charge in [-0.3, -0.25) is 4.90 Å². The van der Waals surface area contributed by atoms with E-state index < -0.39 is 0 Å². The van der Waals surface area contributed by atoms with E-state index in [9.17, 15) is 0 Å². The van der Waals surface area contributed by atoms with Crippen molar-refractivity contribution in [1.82, 2.24) is 4.90 Å². The van der Waals surface area contributed by atoms with Crippen LogP contribution < -0.4 is 10.5 Å². The molecule has 4 heteroatoms. The lowest BCUT2D eigenvalue weighted by Crippen LogP contribution is -2.44. The summed E-state index contributed by atoms with van der Waals surface area (Å²) in [7, 11) is 1.71. The van der Waals surface area contributed by atoms with E-state index >= 15 is 0 Å². The molecule has 1 fully saturated rings. The Bertz CT molecular complexity index is 413. The summed E-state index contributed by atoms with van der Waals surface area (Å²) in [4.78, 5) is 2.41. The Morgan fingerprint density at radius 2 is 2.00 bits per heavy atom. The SMILES string of the molecule is COc1ccc(CN)cc1CN1C[C@@H](C)O[C@@H](C)C1. The third-order valence-corrected chi connectivity index (χ3v) is 3.47. The first-order chi connectivity index (χ1) is 9.12. The second kappa shape index (κ2) is 6.37. The van der Waals surface area contributed by atoms with Crippen LogP contribution in [-0.4, -0.2) is 37.3 Å². The average molecular weight is 264 g/mol. The van der Waals surface area contributed by atoms with E-state index in [-0.39, 0.29) is 12.2 Å². The van der Waals surface area contributed by atoms with E-state index in [2.05, 4.69) is 24.8 Å². The summed E-state index contributed by atoms with van der Waals surface area (Å²) in [6.45, 7) is 7.61. The predicted molar refractivity (Wildman–Crippen MR) is 76.2 cm³/mol. The Labute approximate surface area is 115 Å². The van der Waals surface area contributed by atoms with Gasteiger partial charge in [-0.05, 0) is 31.5 Å². The molecule has 1 aliphatic heterocycles. The van der Waals surface area contributed by atoms with Crippen molar-refractivity contribution in [2.75, 3.05) is 20.2 Å². The summed E-state index contributed by atoms with van der Waals surface area (Å²) >= 11 is 0. The van der Waals surface area contributed by atoms with Crippen LogP contribution >= 0.6 is 0 Å². The highest BCUT2D eigenvalue weighted by Gasteiger charge is 2.22. The number of nitrogens with two attached hydrogens (primary N) is 1. The van der Waals surface area contributed by atoms with Crippen molar-refractivity contribution in [2.45, 2.75) is 39.1 Å². The monoisotopic (exact) mass is 264 g/mol. The molecule has 1 heterocycles. The second-order valence-corrected chi connectivity index (χ2v) is 5.30. The molecule has 0 aliphatic carbocycles. The van der Waals surface area contributed by atoms with Crippen LogP contribution in [0.3, 0.4) is 0 Å². The van der Waals surface area contributed by atoms with Gasteiger partial charge in [-0.25, -0.2) is 0 Å². The summed E-state index contributed by atoms with van der Waals surface area (Å²) < 4.78 is 11.2. The van der Waals surface area contributed by atoms with Crippen molar-refractivity contribution < 1.29 is 9.47 Å². The van der Waals surface area contributed by atoms with Crippen LogP contribution in [0.25, 0.3) is 0 Å². The normalized spacial score (nSPS) is 24.4. The third kappa shape index (κ3) is 3.69. The van der Waals surface area contributed by atoms with Crippen LogP contribution in [0.1, 0.15) is 25.0 Å². The van der Waals surface area contributed by atoms with Crippen molar-refractivity contribution in [1.29, 1.82) is 0 Å². The standard InChI is InChI=1S/C15H24N2O2/c1-11-8-17(9-12(2)19-11)10-14-6-13(7-16)4-5-15(14)18-3/h4-6,11-12H,7-10,16H2,1-3H3/t11-,12+. The minimum absolute atomic E-state index is 0.285. The Morgan fingerprint density at radius 3 is 2.58 bits per heavy atom. The molecule has 4 nitrogen and oxygen atoms in total. The van der Waals surface area contributed by atoms with Crippen molar-refractivity contribution in [3.8, 4) is 5.75 Å². The highest BCUT2D eigenvalue weighted by molar-refractivity contribution is 5.37. The van der Waals surface area contributed by atoms with Gasteiger partial charge in [0, 0.05) is 31.7 Å². The minimum atomic E-state index is 0.285. The molecule has 2 N–H and O–H groups in total. The van der Waals surface area contributed by atoms with Crippen LogP contribution in [0.4, 0.5) is 0 Å². The number of benzene rings is 1. The molecule has 0 aromatic heterocycles. The molecule has 0 unspecified atom stereocenters. The Balaban J connectivity index is 2.12. The molecule has 1 saturated heterocycles. The molecule has 1 aromatic rings. The second-order valence-electron chi connectivity index (χ2n) is 5.30. The number of rotatable bonds is 4. The molecule has 1 aliphatic rings. The first kappa shape index (κ1) is 14.3. The third-order valence-electron chi connectivity index (χ3n) is 3.47. The number of hydrogen-bond acceptors (Lipinski definition) is 4. The lowest BCUT2D eigenvalue weighted by molar-refractivity contribution is -0.0706. The number of hydrogen-bond donors (Lipinski definition) is 1. The number of methoxy groups -OCH3 is 1. The van der Waals surface area contributed by atoms with E-state index in [4.69, 9.17) is 15.2 Å². The summed E-state index contributed by atoms with van der Waals surface area (Å²) in [5.74, 6) is 0.934. The van der Waals surface area contributed by atoms with E-state index in [1.54, 1.807) is 7.11 Å². The van der Waals surface area contributed by atoms with Crippen molar-refractivity contribution in [3.63, 3.8) is 0 Å². The van der Waals surface area contributed by atoms with Gasteiger partial charge in [0.15, 0.2) is 0 Å². The molecule has 0 bridgehead atoms. The Hall–Kier alpha value is -1.10. The van der Waals surface area contributed by atoms with Crippen LogP contribution in [0.2, 0.25) is 0 Å². The first-order valence-corrected chi connectivity index (χ1v) is 6.86. The van der Waals surface area contributed by atoms with E-state index in [1.165, 1.54) is 5.56 Å². The number of morpholine rings is 1. The van der Waals surface area contributed by atoms with Gasteiger partial charge in [-0.2, -0.15) is 0 Å². The largest absolute Gasteiger partial charge is 0.496 e. The fourth-order valence-corrected chi connectivity index (χ4v) is 2.74. The maximum Gasteiger partial charge on any atom is 0.123 e. The number of ether oxygens (including phenoxy) is 2. The molecule has 1 aromatic carbocycles. The molecule has 106 valence electrons. The van der Waals surface area contributed by atoms with E-state index in [0.29, 0.717) is 6.54 Å². The molecule has 2 rings (SSSR count). The highest BCUT2D eigenvalue weighted by atomic mass is 16.5. The van der Waals surface area contributed by atoms with Crippen molar-refractivity contribution in [3.05, 3.63) is 29.3 Å². The topological polar surface area (TPSA) is 47.7 Å². The summed E-state index contributed by atoms with van der Waals surface area (Å²) in [5, 5.41) is 0.